The van der Waals surface area contributed by atoms with Gasteiger partial charge >= 0.3 is 0 Å². The number of nitrogens with zero attached hydrogens (tertiary/aromatic N) is 1. The van der Waals surface area contributed by atoms with E-state index in [1.165, 1.54) is 6.20 Å². The third-order valence-corrected chi connectivity index (χ3v) is 4.24. The number of halogens is 2. The summed E-state index contributed by atoms with van der Waals surface area (Å²) < 4.78 is 5.94. The van der Waals surface area contributed by atoms with Crippen LogP contribution in [0.3, 0.4) is 0 Å². The number of benzene rings is 1. The van der Waals surface area contributed by atoms with Crippen molar-refractivity contribution in [2.75, 3.05) is 25.5 Å². The highest BCUT2D eigenvalue weighted by Gasteiger charge is 2.23. The Labute approximate surface area is 176 Å². The fourth-order valence-electron chi connectivity index (χ4n) is 2.78. The van der Waals surface area contributed by atoms with Gasteiger partial charge in [-0.3, -0.25) is 14.6 Å². The SMILES string of the molecule is CNC(=O)c1cc(Oc2cc(C)ccc2NC(=O)C2CCNC2)ccn1.Cl.Cl. The topological polar surface area (TPSA) is 92.4 Å². The molecule has 2 heterocycles. The van der Waals surface area contributed by atoms with E-state index in [4.69, 9.17) is 4.74 Å². The maximum atomic E-state index is 12.4. The van der Waals surface area contributed by atoms with Crippen LogP contribution in [-0.4, -0.2) is 36.9 Å². The summed E-state index contributed by atoms with van der Waals surface area (Å²) in [6, 6.07) is 8.82. The van der Waals surface area contributed by atoms with E-state index in [0.717, 1.165) is 18.5 Å². The molecule has 1 aliphatic heterocycles. The molecule has 3 rings (SSSR count). The van der Waals surface area contributed by atoms with Crippen molar-refractivity contribution in [3.63, 3.8) is 0 Å². The number of nitrogens with one attached hydrogen (secondary N) is 3. The summed E-state index contributed by atoms with van der Waals surface area (Å²) >= 11 is 0. The van der Waals surface area contributed by atoms with Crippen molar-refractivity contribution in [2.24, 2.45) is 5.92 Å². The van der Waals surface area contributed by atoms with E-state index in [1.807, 2.05) is 25.1 Å². The van der Waals surface area contributed by atoms with Gasteiger partial charge in [-0.15, -0.1) is 24.8 Å². The Bertz CT molecular complexity index is 827. The van der Waals surface area contributed by atoms with Gasteiger partial charge in [-0.2, -0.15) is 0 Å². The average Bonchev–Trinajstić information content (AvgIpc) is 3.18. The van der Waals surface area contributed by atoms with Crippen LogP contribution >= 0.6 is 24.8 Å². The lowest BCUT2D eigenvalue weighted by Gasteiger charge is -2.15. The number of amides is 2. The van der Waals surface area contributed by atoms with Crippen molar-refractivity contribution in [1.82, 2.24) is 15.6 Å². The fraction of sp³-hybridized carbons (Fsp3) is 0.316. The van der Waals surface area contributed by atoms with Crippen molar-refractivity contribution >= 4 is 42.3 Å². The number of pyridine rings is 1. The van der Waals surface area contributed by atoms with Gasteiger partial charge in [0.05, 0.1) is 11.6 Å². The third-order valence-electron chi connectivity index (χ3n) is 4.24. The van der Waals surface area contributed by atoms with E-state index in [-0.39, 0.29) is 48.2 Å². The van der Waals surface area contributed by atoms with Crippen molar-refractivity contribution in [1.29, 1.82) is 0 Å². The number of hydrogen-bond acceptors (Lipinski definition) is 5. The van der Waals surface area contributed by atoms with Crippen LogP contribution in [0.4, 0.5) is 5.69 Å². The number of rotatable bonds is 5. The van der Waals surface area contributed by atoms with Gasteiger partial charge in [-0.25, -0.2) is 0 Å². The molecule has 0 radical (unpaired) electrons. The summed E-state index contributed by atoms with van der Waals surface area (Å²) in [5, 5.41) is 8.67. The van der Waals surface area contributed by atoms with Crippen LogP contribution in [0.25, 0.3) is 0 Å². The van der Waals surface area contributed by atoms with Gasteiger partial charge < -0.3 is 20.7 Å². The van der Waals surface area contributed by atoms with Crippen LogP contribution in [0, 0.1) is 12.8 Å². The number of aromatic nitrogens is 1. The zero-order chi connectivity index (χ0) is 18.5. The molecule has 1 aromatic carbocycles. The monoisotopic (exact) mass is 426 g/mol. The molecule has 1 unspecified atom stereocenters. The van der Waals surface area contributed by atoms with Gasteiger partial charge in [0.25, 0.3) is 5.91 Å². The van der Waals surface area contributed by atoms with Crippen molar-refractivity contribution in [2.45, 2.75) is 13.3 Å². The molecule has 1 fully saturated rings. The van der Waals surface area contributed by atoms with E-state index in [0.29, 0.717) is 23.7 Å². The Morgan fingerprint density at radius 2 is 2.00 bits per heavy atom. The number of carbonyl (C=O) groups is 2. The molecule has 0 bridgehead atoms. The molecule has 0 spiro atoms. The summed E-state index contributed by atoms with van der Waals surface area (Å²) in [6.45, 7) is 3.49. The van der Waals surface area contributed by atoms with E-state index in [2.05, 4.69) is 20.9 Å². The first kappa shape index (κ1) is 23.7. The second-order valence-corrected chi connectivity index (χ2v) is 6.24. The minimum Gasteiger partial charge on any atom is -0.455 e. The predicted molar refractivity (Wildman–Crippen MR) is 113 cm³/mol. The van der Waals surface area contributed by atoms with Gasteiger partial charge in [-0.1, -0.05) is 6.07 Å². The van der Waals surface area contributed by atoms with E-state index in [9.17, 15) is 9.59 Å². The Morgan fingerprint density at radius 1 is 1.21 bits per heavy atom. The second-order valence-electron chi connectivity index (χ2n) is 6.24. The number of hydrogen-bond donors (Lipinski definition) is 3. The zero-order valence-electron chi connectivity index (χ0n) is 15.7. The van der Waals surface area contributed by atoms with E-state index < -0.39 is 0 Å². The summed E-state index contributed by atoms with van der Waals surface area (Å²) in [5.74, 6) is 0.650. The van der Waals surface area contributed by atoms with E-state index >= 15 is 0 Å². The average molecular weight is 427 g/mol. The molecule has 0 saturated carbocycles. The molecule has 152 valence electrons. The maximum Gasteiger partial charge on any atom is 0.269 e. The molecule has 2 amide bonds. The summed E-state index contributed by atoms with van der Waals surface area (Å²) in [6.07, 6.45) is 2.34. The smallest absolute Gasteiger partial charge is 0.269 e. The first-order chi connectivity index (χ1) is 12.6. The lowest BCUT2D eigenvalue weighted by atomic mass is 10.1. The molecule has 1 atom stereocenters. The van der Waals surface area contributed by atoms with Crippen LogP contribution in [0.2, 0.25) is 0 Å². The molecule has 1 saturated heterocycles. The molecular formula is C19H24Cl2N4O3. The van der Waals surface area contributed by atoms with Gasteiger partial charge in [-0.05, 0) is 43.7 Å². The zero-order valence-corrected chi connectivity index (χ0v) is 17.3. The number of anilines is 1. The highest BCUT2D eigenvalue weighted by molar-refractivity contribution is 5.94. The third kappa shape index (κ3) is 5.82. The number of aryl methyl sites for hydroxylation is 1. The number of ether oxygens (including phenoxy) is 1. The van der Waals surface area contributed by atoms with Crippen molar-refractivity contribution < 1.29 is 14.3 Å². The fourth-order valence-corrected chi connectivity index (χ4v) is 2.78. The molecular weight excluding hydrogens is 403 g/mol. The molecule has 1 aliphatic rings. The Hall–Kier alpha value is -2.35. The summed E-state index contributed by atoms with van der Waals surface area (Å²) in [5.41, 5.74) is 1.87. The molecule has 3 N–H and O–H groups in total. The van der Waals surface area contributed by atoms with Crippen molar-refractivity contribution in [3.05, 3.63) is 47.8 Å². The van der Waals surface area contributed by atoms with Crippen LogP contribution < -0.4 is 20.7 Å². The highest BCUT2D eigenvalue weighted by atomic mass is 35.5. The first-order valence-electron chi connectivity index (χ1n) is 8.55. The lowest BCUT2D eigenvalue weighted by molar-refractivity contribution is -0.119. The Balaban J connectivity index is 0.00000196. The molecule has 1 aromatic heterocycles. The molecule has 28 heavy (non-hydrogen) atoms. The standard InChI is InChI=1S/C19H22N4O3.2ClH/c1-12-3-4-15(23-18(24)13-5-7-21-11-13)17(9-12)26-14-6-8-22-16(10-14)19(25)20-2;;/h3-4,6,8-10,13,21H,5,7,11H2,1-2H3,(H,20,25)(H,23,24);2*1H. The van der Waals surface area contributed by atoms with Crippen molar-refractivity contribution in [3.8, 4) is 11.5 Å². The number of carbonyl (C=O) groups excluding carboxylic acids is 2. The Morgan fingerprint density at radius 3 is 2.68 bits per heavy atom. The Kier molecular flexibility index (Phi) is 9.18. The predicted octanol–water partition coefficient (Wildman–Crippen LogP) is 2.93. The molecule has 7 nitrogen and oxygen atoms in total. The second kappa shape index (κ2) is 10.8. The minimum atomic E-state index is -0.290. The molecule has 2 aromatic rings. The van der Waals surface area contributed by atoms with Gasteiger partial charge in [0, 0.05) is 25.9 Å². The quantitative estimate of drug-likeness (QED) is 0.683. The van der Waals surface area contributed by atoms with Crippen LogP contribution in [-0.2, 0) is 4.79 Å². The minimum absolute atomic E-state index is 0. The maximum absolute atomic E-state index is 12.4. The first-order valence-corrected chi connectivity index (χ1v) is 8.55. The largest absolute Gasteiger partial charge is 0.455 e. The lowest BCUT2D eigenvalue weighted by Crippen LogP contribution is -2.24. The van der Waals surface area contributed by atoms with Crippen LogP contribution in [0.1, 0.15) is 22.5 Å². The van der Waals surface area contributed by atoms with Crippen LogP contribution in [0.5, 0.6) is 11.5 Å². The normalized spacial score (nSPS) is 15.0. The summed E-state index contributed by atoms with van der Waals surface area (Å²) in [7, 11) is 1.55. The molecule has 9 heteroatoms. The highest BCUT2D eigenvalue weighted by Crippen LogP contribution is 2.31. The van der Waals surface area contributed by atoms with Gasteiger partial charge in [0.2, 0.25) is 5.91 Å². The summed E-state index contributed by atoms with van der Waals surface area (Å²) in [4.78, 5) is 28.2. The van der Waals surface area contributed by atoms with Gasteiger partial charge in [0.1, 0.15) is 11.4 Å². The molecule has 0 aliphatic carbocycles. The van der Waals surface area contributed by atoms with E-state index in [1.54, 1.807) is 19.2 Å². The van der Waals surface area contributed by atoms with Crippen LogP contribution in [0.15, 0.2) is 36.5 Å². The van der Waals surface area contributed by atoms with Gasteiger partial charge in [0.15, 0.2) is 5.75 Å².